The quantitative estimate of drug-likeness (QED) is 0.574. The van der Waals surface area contributed by atoms with Crippen LogP contribution in [0.3, 0.4) is 0 Å². The highest BCUT2D eigenvalue weighted by Gasteiger charge is 2.14. The molecule has 0 N–H and O–H groups in total. The molecule has 0 aliphatic carbocycles. The molecule has 0 aromatic heterocycles. The Morgan fingerprint density at radius 1 is 1.08 bits per heavy atom. The van der Waals surface area contributed by atoms with Crippen molar-refractivity contribution < 1.29 is 9.53 Å². The van der Waals surface area contributed by atoms with Gasteiger partial charge in [-0.3, -0.25) is 0 Å². The normalized spacial score (nSPS) is 12.0. The molecule has 0 amide bonds. The number of carbonyl (C=O) groups is 1. The smallest absolute Gasteiger partial charge is 0.334 e. The molecule has 0 aliphatic heterocycles. The fourth-order valence-electron chi connectivity index (χ4n) is 2.16. The van der Waals surface area contributed by atoms with Crippen LogP contribution in [0.4, 0.5) is 5.69 Å². The van der Waals surface area contributed by atoms with Crippen LogP contribution in [0.5, 0.6) is 0 Å². The Balaban J connectivity index is 2.20. The molecule has 0 spiro atoms. The highest BCUT2D eigenvalue weighted by Crippen LogP contribution is 2.22. The maximum absolute atomic E-state index is 11.9. The third kappa shape index (κ3) is 4.85. The largest absolute Gasteiger partial charge is 0.450 e. The lowest BCUT2D eigenvalue weighted by Crippen LogP contribution is -2.10. The van der Waals surface area contributed by atoms with E-state index in [1.54, 1.807) is 6.92 Å². The van der Waals surface area contributed by atoms with E-state index in [1.807, 2.05) is 68.7 Å². The van der Waals surface area contributed by atoms with Crippen molar-refractivity contribution in [3.8, 4) is 0 Å². The number of esters is 1. The zero-order valence-corrected chi connectivity index (χ0v) is 14.4. The highest BCUT2D eigenvalue weighted by molar-refractivity contribution is 5.87. The molecule has 3 nitrogen and oxygen atoms in total. The van der Waals surface area contributed by atoms with Gasteiger partial charge < -0.3 is 9.64 Å². The van der Waals surface area contributed by atoms with Crippen LogP contribution in [0.25, 0.3) is 6.08 Å². The summed E-state index contributed by atoms with van der Waals surface area (Å²) >= 11 is 0. The summed E-state index contributed by atoms with van der Waals surface area (Å²) in [5, 5.41) is 0. The zero-order chi connectivity index (χ0) is 17.5. The van der Waals surface area contributed by atoms with Gasteiger partial charge >= 0.3 is 5.97 Å². The minimum Gasteiger partial charge on any atom is -0.450 e. The molecule has 0 heterocycles. The number of benzene rings is 2. The van der Waals surface area contributed by atoms with Crippen LogP contribution >= 0.6 is 0 Å². The molecule has 24 heavy (non-hydrogen) atoms. The first kappa shape index (κ1) is 17.5. The molecular formula is C21H23NO2. The molecule has 2 aromatic rings. The molecule has 124 valence electrons. The summed E-state index contributed by atoms with van der Waals surface area (Å²) in [5.41, 5.74) is 3.50. The van der Waals surface area contributed by atoms with E-state index in [-0.39, 0.29) is 0 Å². The standard InChI is InChI=1S/C21H23NO2/c1-16(2)21(23)24-20(18-8-6-5-7-9-18)15-12-17-10-13-19(14-11-17)22(3)4/h5-15,20H,1H2,2-4H3/b15-12+. The zero-order valence-electron chi connectivity index (χ0n) is 14.4. The van der Waals surface area contributed by atoms with Crippen LogP contribution in [0.1, 0.15) is 24.2 Å². The minimum absolute atomic E-state index is 0.389. The van der Waals surface area contributed by atoms with Gasteiger partial charge in [0.25, 0.3) is 0 Å². The van der Waals surface area contributed by atoms with Crippen LogP contribution in [-0.4, -0.2) is 20.1 Å². The van der Waals surface area contributed by atoms with E-state index in [4.69, 9.17) is 4.74 Å². The fourth-order valence-corrected chi connectivity index (χ4v) is 2.16. The Labute approximate surface area is 143 Å². The van der Waals surface area contributed by atoms with E-state index in [2.05, 4.69) is 23.6 Å². The Morgan fingerprint density at radius 2 is 1.71 bits per heavy atom. The molecule has 2 rings (SSSR count). The molecule has 0 saturated carbocycles. The van der Waals surface area contributed by atoms with Crippen LogP contribution in [0.15, 0.2) is 72.8 Å². The van der Waals surface area contributed by atoms with Crippen LogP contribution in [-0.2, 0) is 9.53 Å². The second-order valence-electron chi connectivity index (χ2n) is 5.86. The predicted octanol–water partition coefficient (Wildman–Crippen LogP) is 4.63. The van der Waals surface area contributed by atoms with Crippen molar-refractivity contribution in [2.45, 2.75) is 13.0 Å². The van der Waals surface area contributed by atoms with Crippen molar-refractivity contribution in [2.75, 3.05) is 19.0 Å². The van der Waals surface area contributed by atoms with E-state index in [0.29, 0.717) is 5.57 Å². The third-order valence-electron chi connectivity index (χ3n) is 3.58. The van der Waals surface area contributed by atoms with Crippen molar-refractivity contribution in [2.24, 2.45) is 0 Å². The van der Waals surface area contributed by atoms with Crippen molar-refractivity contribution in [3.05, 3.63) is 84.0 Å². The molecule has 0 bridgehead atoms. The monoisotopic (exact) mass is 321 g/mol. The van der Waals surface area contributed by atoms with E-state index < -0.39 is 12.1 Å². The number of nitrogens with zero attached hydrogens (tertiary/aromatic N) is 1. The first-order valence-electron chi connectivity index (χ1n) is 7.84. The number of carbonyl (C=O) groups excluding carboxylic acids is 1. The van der Waals surface area contributed by atoms with Gasteiger partial charge in [-0.2, -0.15) is 0 Å². The Kier molecular flexibility index (Phi) is 5.96. The van der Waals surface area contributed by atoms with Crippen molar-refractivity contribution in [1.29, 1.82) is 0 Å². The number of rotatable bonds is 6. The van der Waals surface area contributed by atoms with Gasteiger partial charge in [-0.05, 0) is 36.3 Å². The molecule has 0 fully saturated rings. The lowest BCUT2D eigenvalue weighted by Gasteiger charge is -2.15. The SMILES string of the molecule is C=C(C)C(=O)OC(/C=C/c1ccc(N(C)C)cc1)c1ccccc1. The van der Waals surface area contributed by atoms with Gasteiger partial charge in [-0.1, -0.05) is 55.1 Å². The molecule has 3 heteroatoms. The van der Waals surface area contributed by atoms with Gasteiger partial charge in [0, 0.05) is 25.4 Å². The number of hydrogen-bond acceptors (Lipinski definition) is 3. The molecule has 1 unspecified atom stereocenters. The molecule has 0 saturated heterocycles. The second kappa shape index (κ2) is 8.16. The van der Waals surface area contributed by atoms with Gasteiger partial charge in [-0.15, -0.1) is 0 Å². The number of ether oxygens (including phenoxy) is 1. The van der Waals surface area contributed by atoms with Crippen molar-refractivity contribution in [1.82, 2.24) is 0 Å². The Bertz CT molecular complexity index is 715. The Morgan fingerprint density at radius 3 is 2.25 bits per heavy atom. The number of anilines is 1. The minimum atomic E-state index is -0.441. The van der Waals surface area contributed by atoms with E-state index in [1.165, 1.54) is 0 Å². The molecule has 1 atom stereocenters. The van der Waals surface area contributed by atoms with Crippen molar-refractivity contribution >= 4 is 17.7 Å². The molecule has 2 aromatic carbocycles. The first-order valence-corrected chi connectivity index (χ1v) is 7.84. The summed E-state index contributed by atoms with van der Waals surface area (Å²) in [5.74, 6) is -0.392. The lowest BCUT2D eigenvalue weighted by molar-refractivity contribution is -0.142. The van der Waals surface area contributed by atoms with Gasteiger partial charge in [0.05, 0.1) is 0 Å². The molecular weight excluding hydrogens is 298 g/mol. The van der Waals surface area contributed by atoms with Crippen LogP contribution in [0, 0.1) is 0 Å². The summed E-state index contributed by atoms with van der Waals surface area (Å²) in [6.07, 6.45) is 3.41. The van der Waals surface area contributed by atoms with Crippen molar-refractivity contribution in [3.63, 3.8) is 0 Å². The summed E-state index contributed by atoms with van der Waals surface area (Å²) < 4.78 is 5.55. The fraction of sp³-hybridized carbons (Fsp3) is 0.190. The average molecular weight is 321 g/mol. The third-order valence-corrected chi connectivity index (χ3v) is 3.58. The van der Waals surface area contributed by atoms with E-state index in [0.717, 1.165) is 16.8 Å². The maximum Gasteiger partial charge on any atom is 0.334 e. The lowest BCUT2D eigenvalue weighted by atomic mass is 10.1. The summed E-state index contributed by atoms with van der Waals surface area (Å²) in [6.45, 7) is 5.29. The summed E-state index contributed by atoms with van der Waals surface area (Å²) in [6, 6.07) is 17.8. The van der Waals surface area contributed by atoms with E-state index in [9.17, 15) is 4.79 Å². The van der Waals surface area contributed by atoms with Gasteiger partial charge in [0.1, 0.15) is 6.10 Å². The second-order valence-corrected chi connectivity index (χ2v) is 5.86. The van der Waals surface area contributed by atoms with Gasteiger partial charge in [-0.25, -0.2) is 4.79 Å². The first-order chi connectivity index (χ1) is 11.5. The predicted molar refractivity (Wildman–Crippen MR) is 99.9 cm³/mol. The topological polar surface area (TPSA) is 29.5 Å². The van der Waals surface area contributed by atoms with E-state index >= 15 is 0 Å². The van der Waals surface area contributed by atoms with Crippen LogP contribution < -0.4 is 4.90 Å². The maximum atomic E-state index is 11.9. The van der Waals surface area contributed by atoms with Crippen LogP contribution in [0.2, 0.25) is 0 Å². The molecule has 0 radical (unpaired) electrons. The number of hydrogen-bond donors (Lipinski definition) is 0. The Hall–Kier alpha value is -2.81. The van der Waals surface area contributed by atoms with Gasteiger partial charge in [0.15, 0.2) is 0 Å². The summed E-state index contributed by atoms with van der Waals surface area (Å²) in [7, 11) is 4.01. The molecule has 0 aliphatic rings. The summed E-state index contributed by atoms with van der Waals surface area (Å²) in [4.78, 5) is 13.9. The average Bonchev–Trinajstić information content (AvgIpc) is 2.59. The highest BCUT2D eigenvalue weighted by atomic mass is 16.5. The van der Waals surface area contributed by atoms with Gasteiger partial charge in [0.2, 0.25) is 0 Å².